The van der Waals surface area contributed by atoms with Gasteiger partial charge in [0.25, 0.3) is 0 Å². The molecule has 2 heterocycles. The minimum atomic E-state index is -0.541. The van der Waals surface area contributed by atoms with E-state index in [1.807, 2.05) is 19.1 Å². The highest BCUT2D eigenvalue weighted by molar-refractivity contribution is 6.34. The number of benzene rings is 2. The standard InChI is InChI=1S/C18H16Cl2N2O/c1-18(13-7-14(19)9-15(20)8-13)10-17(22-23-18)11-2-3-16-12(6-11)4-5-21-16/h2-3,6-9,21H,4-5,10H2,1H3. The summed E-state index contributed by atoms with van der Waals surface area (Å²) in [5, 5.41) is 8.91. The average Bonchev–Trinajstić information content (AvgIpc) is 3.12. The SMILES string of the molecule is CC1(c2cc(Cl)cc(Cl)c2)CC(c2ccc3c(c2)CCN3)=NO1. The molecule has 1 atom stereocenters. The van der Waals surface area contributed by atoms with Crippen molar-refractivity contribution in [3.8, 4) is 0 Å². The third kappa shape index (κ3) is 2.68. The van der Waals surface area contributed by atoms with Crippen LogP contribution in [0.4, 0.5) is 5.69 Å². The highest BCUT2D eigenvalue weighted by atomic mass is 35.5. The molecular weight excluding hydrogens is 331 g/mol. The summed E-state index contributed by atoms with van der Waals surface area (Å²) in [6.07, 6.45) is 1.74. The van der Waals surface area contributed by atoms with E-state index in [0.717, 1.165) is 29.8 Å². The zero-order chi connectivity index (χ0) is 16.0. The first-order valence-corrected chi connectivity index (χ1v) is 8.38. The number of hydrogen-bond donors (Lipinski definition) is 1. The lowest BCUT2D eigenvalue weighted by atomic mass is 9.88. The van der Waals surface area contributed by atoms with Crippen molar-refractivity contribution < 1.29 is 4.84 Å². The molecule has 2 aromatic carbocycles. The van der Waals surface area contributed by atoms with Crippen LogP contribution in [-0.4, -0.2) is 12.3 Å². The highest BCUT2D eigenvalue weighted by Crippen LogP contribution is 2.38. The maximum Gasteiger partial charge on any atom is 0.165 e. The molecular formula is C18H16Cl2N2O. The van der Waals surface area contributed by atoms with Crippen LogP contribution in [-0.2, 0) is 16.9 Å². The first-order valence-electron chi connectivity index (χ1n) is 7.62. The topological polar surface area (TPSA) is 33.6 Å². The van der Waals surface area contributed by atoms with Gasteiger partial charge in [-0.25, -0.2) is 0 Å². The summed E-state index contributed by atoms with van der Waals surface area (Å²) >= 11 is 12.2. The second kappa shape index (κ2) is 5.43. The Hall–Kier alpha value is -1.71. The third-order valence-electron chi connectivity index (χ3n) is 4.48. The van der Waals surface area contributed by atoms with Crippen molar-refractivity contribution in [2.24, 2.45) is 5.16 Å². The minimum Gasteiger partial charge on any atom is -0.384 e. The second-order valence-electron chi connectivity index (χ2n) is 6.24. The van der Waals surface area contributed by atoms with Crippen LogP contribution in [0, 0.1) is 0 Å². The summed E-state index contributed by atoms with van der Waals surface area (Å²) in [6.45, 7) is 3.01. The van der Waals surface area contributed by atoms with Gasteiger partial charge >= 0.3 is 0 Å². The van der Waals surface area contributed by atoms with Crippen molar-refractivity contribution in [1.82, 2.24) is 0 Å². The number of nitrogens with zero attached hydrogens (tertiary/aromatic N) is 1. The average molecular weight is 347 g/mol. The molecule has 23 heavy (non-hydrogen) atoms. The zero-order valence-corrected chi connectivity index (χ0v) is 14.2. The van der Waals surface area contributed by atoms with E-state index in [-0.39, 0.29) is 0 Å². The number of anilines is 1. The maximum atomic E-state index is 6.12. The summed E-state index contributed by atoms with van der Waals surface area (Å²) in [4.78, 5) is 5.78. The third-order valence-corrected chi connectivity index (χ3v) is 4.92. The van der Waals surface area contributed by atoms with Gasteiger partial charge in [0, 0.05) is 34.3 Å². The molecule has 3 nitrogen and oxygen atoms in total. The van der Waals surface area contributed by atoms with Gasteiger partial charge in [0.15, 0.2) is 5.60 Å². The Labute approximate surface area is 145 Å². The van der Waals surface area contributed by atoms with E-state index in [4.69, 9.17) is 28.0 Å². The van der Waals surface area contributed by atoms with Gasteiger partial charge in [0.2, 0.25) is 0 Å². The van der Waals surface area contributed by atoms with Gasteiger partial charge in [0.1, 0.15) is 0 Å². The van der Waals surface area contributed by atoms with Crippen LogP contribution in [0.1, 0.15) is 30.0 Å². The molecule has 0 saturated heterocycles. The number of fused-ring (bicyclic) bond motifs is 1. The predicted molar refractivity (Wildman–Crippen MR) is 94.7 cm³/mol. The van der Waals surface area contributed by atoms with Crippen molar-refractivity contribution in [2.75, 3.05) is 11.9 Å². The molecule has 0 saturated carbocycles. The van der Waals surface area contributed by atoms with Crippen molar-refractivity contribution >= 4 is 34.6 Å². The van der Waals surface area contributed by atoms with Crippen LogP contribution in [0.25, 0.3) is 0 Å². The van der Waals surface area contributed by atoms with Crippen molar-refractivity contribution in [3.05, 3.63) is 63.1 Å². The number of oxime groups is 1. The molecule has 4 rings (SSSR count). The quantitative estimate of drug-likeness (QED) is 0.829. The van der Waals surface area contributed by atoms with E-state index in [1.54, 1.807) is 6.07 Å². The smallest absolute Gasteiger partial charge is 0.165 e. The number of hydrogen-bond acceptors (Lipinski definition) is 3. The Morgan fingerprint density at radius 1 is 1.13 bits per heavy atom. The minimum absolute atomic E-state index is 0.541. The molecule has 2 aliphatic heterocycles. The molecule has 1 N–H and O–H groups in total. The molecule has 0 radical (unpaired) electrons. The summed E-state index contributed by atoms with van der Waals surface area (Å²) < 4.78 is 0. The molecule has 5 heteroatoms. The second-order valence-corrected chi connectivity index (χ2v) is 7.12. The van der Waals surface area contributed by atoms with E-state index < -0.39 is 5.60 Å². The van der Waals surface area contributed by atoms with Crippen molar-refractivity contribution in [3.63, 3.8) is 0 Å². The fourth-order valence-electron chi connectivity index (χ4n) is 3.19. The van der Waals surface area contributed by atoms with Gasteiger partial charge in [-0.1, -0.05) is 34.4 Å². The molecule has 118 valence electrons. The van der Waals surface area contributed by atoms with E-state index in [9.17, 15) is 0 Å². The summed E-state index contributed by atoms with van der Waals surface area (Å²) in [7, 11) is 0. The largest absolute Gasteiger partial charge is 0.384 e. The van der Waals surface area contributed by atoms with Gasteiger partial charge in [0.05, 0.1) is 5.71 Å². The first-order chi connectivity index (χ1) is 11.0. The molecule has 0 amide bonds. The molecule has 0 aliphatic carbocycles. The fraction of sp³-hybridized carbons (Fsp3) is 0.278. The van der Waals surface area contributed by atoms with Gasteiger partial charge in [-0.3, -0.25) is 0 Å². The van der Waals surface area contributed by atoms with Gasteiger partial charge in [-0.05, 0) is 54.8 Å². The normalized spacial score (nSPS) is 22.3. The summed E-state index contributed by atoms with van der Waals surface area (Å²) in [6, 6.07) is 11.9. The predicted octanol–water partition coefficient (Wildman–Crippen LogP) is 5.00. The first kappa shape index (κ1) is 14.9. The summed E-state index contributed by atoms with van der Waals surface area (Å²) in [5.41, 5.74) is 5.03. The van der Waals surface area contributed by atoms with E-state index in [2.05, 4.69) is 28.7 Å². The Morgan fingerprint density at radius 3 is 2.70 bits per heavy atom. The Balaban J connectivity index is 1.62. The van der Waals surface area contributed by atoms with Crippen molar-refractivity contribution in [1.29, 1.82) is 0 Å². The van der Waals surface area contributed by atoms with Crippen LogP contribution < -0.4 is 5.32 Å². The van der Waals surface area contributed by atoms with Gasteiger partial charge in [-0.2, -0.15) is 0 Å². The van der Waals surface area contributed by atoms with Crippen LogP contribution >= 0.6 is 23.2 Å². The van der Waals surface area contributed by atoms with Crippen LogP contribution in [0.3, 0.4) is 0 Å². The monoisotopic (exact) mass is 346 g/mol. The van der Waals surface area contributed by atoms with E-state index in [0.29, 0.717) is 16.5 Å². The van der Waals surface area contributed by atoms with Gasteiger partial charge < -0.3 is 10.2 Å². The summed E-state index contributed by atoms with van der Waals surface area (Å²) in [5.74, 6) is 0. The number of rotatable bonds is 2. The van der Waals surface area contributed by atoms with Crippen molar-refractivity contribution in [2.45, 2.75) is 25.4 Å². The molecule has 2 aliphatic rings. The molecule has 2 aromatic rings. The molecule has 0 fully saturated rings. The van der Waals surface area contributed by atoms with Crippen LogP contribution in [0.15, 0.2) is 41.6 Å². The zero-order valence-electron chi connectivity index (χ0n) is 12.7. The lowest BCUT2D eigenvalue weighted by Crippen LogP contribution is -2.22. The highest BCUT2D eigenvalue weighted by Gasteiger charge is 2.37. The molecule has 1 unspecified atom stereocenters. The number of halogens is 2. The Morgan fingerprint density at radius 2 is 1.91 bits per heavy atom. The van der Waals surface area contributed by atoms with E-state index >= 15 is 0 Å². The van der Waals surface area contributed by atoms with Gasteiger partial charge in [-0.15, -0.1) is 0 Å². The molecule has 0 bridgehead atoms. The maximum absolute atomic E-state index is 6.12. The van der Waals surface area contributed by atoms with E-state index in [1.165, 1.54) is 11.3 Å². The lowest BCUT2D eigenvalue weighted by Gasteiger charge is -2.22. The molecule has 0 aromatic heterocycles. The molecule has 0 spiro atoms. The number of nitrogens with one attached hydrogen (secondary N) is 1. The Kier molecular flexibility index (Phi) is 3.51. The fourth-order valence-corrected chi connectivity index (χ4v) is 3.72. The lowest BCUT2D eigenvalue weighted by molar-refractivity contribution is -0.00737. The Bertz CT molecular complexity index is 798. The van der Waals surface area contributed by atoms with Crippen LogP contribution in [0.5, 0.6) is 0 Å². The van der Waals surface area contributed by atoms with Crippen LogP contribution in [0.2, 0.25) is 10.0 Å².